The Labute approximate surface area is 178 Å². The fourth-order valence-electron chi connectivity index (χ4n) is 2.73. The first-order chi connectivity index (χ1) is 12.5. The first-order valence-corrected chi connectivity index (χ1v) is 8.06. The van der Waals surface area contributed by atoms with Crippen LogP contribution in [0.25, 0.3) is 17.0 Å². The van der Waals surface area contributed by atoms with Crippen LogP contribution in [-0.2, 0) is 16.0 Å². The van der Waals surface area contributed by atoms with Crippen molar-refractivity contribution >= 4 is 28.9 Å². The van der Waals surface area contributed by atoms with E-state index in [0.29, 0.717) is 5.56 Å². The summed E-state index contributed by atoms with van der Waals surface area (Å²) in [5.74, 6) is -1.82. The van der Waals surface area contributed by atoms with E-state index in [2.05, 4.69) is 10.3 Å². The van der Waals surface area contributed by atoms with Crippen molar-refractivity contribution in [2.75, 3.05) is 0 Å². The van der Waals surface area contributed by atoms with Crippen LogP contribution in [0.4, 0.5) is 0 Å². The number of carboxylic acids is 1. The number of amides is 1. The third kappa shape index (κ3) is 5.47. The van der Waals surface area contributed by atoms with Crippen molar-refractivity contribution < 1.29 is 49.4 Å². The van der Waals surface area contributed by atoms with E-state index < -0.39 is 17.9 Å². The van der Waals surface area contributed by atoms with Gasteiger partial charge in [0.05, 0.1) is 12.0 Å². The molecule has 0 fully saturated rings. The Kier molecular flexibility index (Phi) is 7.24. The molecule has 3 N–H and O–H groups in total. The number of aromatic amines is 1. The first-order valence-electron chi connectivity index (χ1n) is 8.06. The minimum absolute atomic E-state index is 0. The summed E-state index contributed by atoms with van der Waals surface area (Å²) in [5.41, 5.74) is 2.31. The van der Waals surface area contributed by atoms with Gasteiger partial charge in [-0.1, -0.05) is 30.3 Å². The minimum Gasteiger partial charge on any atom is -0.548 e. The number of carbonyl (C=O) groups is 2. The maximum absolute atomic E-state index is 12.0. The van der Waals surface area contributed by atoms with E-state index in [1.807, 2.05) is 24.3 Å². The molecule has 3 aromatic rings. The molecule has 2 aromatic carbocycles. The number of fused-ring (bicyclic) bond motifs is 1. The Bertz CT molecular complexity index is 981. The average Bonchev–Trinajstić information content (AvgIpc) is 3.02. The zero-order valence-electron chi connectivity index (χ0n) is 14.8. The average molecular weight is 372 g/mol. The predicted octanol–water partition coefficient (Wildman–Crippen LogP) is -1.63. The van der Waals surface area contributed by atoms with Crippen molar-refractivity contribution in [2.45, 2.75) is 12.5 Å². The zero-order valence-corrected chi connectivity index (χ0v) is 16.8. The monoisotopic (exact) mass is 372 g/mol. The van der Waals surface area contributed by atoms with Crippen LogP contribution in [0, 0.1) is 0 Å². The van der Waals surface area contributed by atoms with Crippen LogP contribution >= 0.6 is 0 Å². The largest absolute Gasteiger partial charge is 1.00 e. The number of aromatic nitrogens is 1. The van der Waals surface area contributed by atoms with Crippen LogP contribution in [0.1, 0.15) is 11.1 Å². The molecule has 1 amide bonds. The van der Waals surface area contributed by atoms with Gasteiger partial charge in [0.15, 0.2) is 0 Å². The van der Waals surface area contributed by atoms with E-state index in [-0.39, 0.29) is 41.7 Å². The number of aliphatic carboxylic acids is 1. The minimum atomic E-state index is -1.35. The number of hydrogen-bond acceptors (Lipinski definition) is 4. The normalized spacial score (nSPS) is 11.9. The first kappa shape index (κ1) is 20.8. The summed E-state index contributed by atoms with van der Waals surface area (Å²) in [6, 6.07) is 12.7. The molecule has 27 heavy (non-hydrogen) atoms. The number of aromatic hydroxyl groups is 1. The Morgan fingerprint density at radius 3 is 2.70 bits per heavy atom. The van der Waals surface area contributed by atoms with Gasteiger partial charge in [0.1, 0.15) is 5.75 Å². The molecule has 0 unspecified atom stereocenters. The molecule has 0 spiro atoms. The van der Waals surface area contributed by atoms with E-state index >= 15 is 0 Å². The van der Waals surface area contributed by atoms with Crippen LogP contribution in [0.3, 0.4) is 0 Å². The van der Waals surface area contributed by atoms with Crippen LogP contribution in [0.5, 0.6) is 5.75 Å². The Morgan fingerprint density at radius 1 is 1.19 bits per heavy atom. The standard InChI is InChI=1S/C20H18N2O4.Na/c23-15-5-3-4-13(10-15)8-9-19(24)22-18(20(25)26)11-14-12-21-17-7-2-1-6-16(14)17;/h1-10,12,18,21,23H,11H2,(H,22,24)(H,25,26);/q;+1/p-1/t18-;/m0./s1. The van der Waals surface area contributed by atoms with Gasteiger partial charge in [-0.3, -0.25) is 4.79 Å². The van der Waals surface area contributed by atoms with Crippen molar-refractivity contribution in [2.24, 2.45) is 0 Å². The predicted molar refractivity (Wildman–Crippen MR) is 96.1 cm³/mol. The van der Waals surface area contributed by atoms with Crippen molar-refractivity contribution in [1.82, 2.24) is 10.3 Å². The molecule has 0 saturated heterocycles. The van der Waals surface area contributed by atoms with Crippen molar-refractivity contribution in [3.63, 3.8) is 0 Å². The summed E-state index contributed by atoms with van der Waals surface area (Å²) < 4.78 is 0. The summed E-state index contributed by atoms with van der Waals surface area (Å²) in [7, 11) is 0. The van der Waals surface area contributed by atoms with Crippen molar-refractivity contribution in [3.8, 4) is 5.75 Å². The van der Waals surface area contributed by atoms with E-state index in [1.165, 1.54) is 24.3 Å². The molecule has 6 nitrogen and oxygen atoms in total. The number of carbonyl (C=O) groups excluding carboxylic acids is 2. The molecule has 0 aliphatic heterocycles. The van der Waals surface area contributed by atoms with Gasteiger partial charge in [0, 0.05) is 29.6 Å². The molecule has 1 atom stereocenters. The van der Waals surface area contributed by atoms with Crippen LogP contribution < -0.4 is 40.0 Å². The molecule has 7 heteroatoms. The smallest absolute Gasteiger partial charge is 0.548 e. The van der Waals surface area contributed by atoms with E-state index in [1.54, 1.807) is 18.3 Å². The second-order valence-corrected chi connectivity index (χ2v) is 5.87. The third-order valence-corrected chi connectivity index (χ3v) is 4.00. The Morgan fingerprint density at radius 2 is 1.96 bits per heavy atom. The number of nitrogens with one attached hydrogen (secondary N) is 2. The number of hydrogen-bond donors (Lipinski definition) is 3. The zero-order chi connectivity index (χ0) is 18.5. The quantitative estimate of drug-likeness (QED) is 0.357. The molecular weight excluding hydrogens is 355 g/mol. The molecule has 0 aliphatic rings. The van der Waals surface area contributed by atoms with Gasteiger partial charge in [0.25, 0.3) is 0 Å². The SMILES string of the molecule is O=C(C=Cc1cccc(O)c1)N[C@@H](Cc1c[nH]c2ccccc12)C(=O)[O-].[Na+]. The number of benzene rings is 2. The molecule has 1 heterocycles. The third-order valence-electron chi connectivity index (χ3n) is 4.00. The Hall–Kier alpha value is -2.54. The molecule has 0 aliphatic carbocycles. The topological polar surface area (TPSA) is 105 Å². The second kappa shape index (κ2) is 9.41. The van der Waals surface area contributed by atoms with Gasteiger partial charge in [0.2, 0.25) is 5.91 Å². The van der Waals surface area contributed by atoms with Crippen LogP contribution in [-0.4, -0.2) is 28.0 Å². The summed E-state index contributed by atoms with van der Waals surface area (Å²) in [6.45, 7) is 0. The molecule has 132 valence electrons. The fourth-order valence-corrected chi connectivity index (χ4v) is 2.73. The number of phenolic OH excluding ortho intramolecular Hbond substituents is 1. The maximum Gasteiger partial charge on any atom is 1.00 e. The number of para-hydroxylation sites is 1. The number of phenols is 1. The van der Waals surface area contributed by atoms with E-state index in [0.717, 1.165) is 16.5 Å². The van der Waals surface area contributed by atoms with Gasteiger partial charge in [-0.15, -0.1) is 0 Å². The summed E-state index contributed by atoms with van der Waals surface area (Å²) in [5, 5.41) is 24.2. The number of rotatable bonds is 6. The van der Waals surface area contributed by atoms with Gasteiger partial charge >= 0.3 is 29.6 Å². The number of carboxylic acid groups (broad SMARTS) is 1. The maximum atomic E-state index is 12.0. The second-order valence-electron chi connectivity index (χ2n) is 5.87. The van der Waals surface area contributed by atoms with Gasteiger partial charge in [-0.25, -0.2) is 0 Å². The van der Waals surface area contributed by atoms with Gasteiger partial charge < -0.3 is 25.3 Å². The molecular formula is C20H17N2NaO4. The van der Waals surface area contributed by atoms with Crippen LogP contribution in [0.15, 0.2) is 60.8 Å². The molecule has 1 aromatic heterocycles. The molecule has 0 bridgehead atoms. The number of H-pyrrole nitrogens is 1. The molecule has 0 saturated carbocycles. The summed E-state index contributed by atoms with van der Waals surface area (Å²) in [4.78, 5) is 26.5. The van der Waals surface area contributed by atoms with Crippen molar-refractivity contribution in [1.29, 1.82) is 0 Å². The van der Waals surface area contributed by atoms with E-state index in [9.17, 15) is 19.8 Å². The fraction of sp³-hybridized carbons (Fsp3) is 0.100. The van der Waals surface area contributed by atoms with Crippen molar-refractivity contribution in [3.05, 3.63) is 71.9 Å². The van der Waals surface area contributed by atoms with Crippen LogP contribution in [0.2, 0.25) is 0 Å². The molecule has 0 radical (unpaired) electrons. The van der Waals surface area contributed by atoms with Gasteiger partial charge in [-0.05, 0) is 35.4 Å². The van der Waals surface area contributed by atoms with Gasteiger partial charge in [-0.2, -0.15) is 0 Å². The summed E-state index contributed by atoms with van der Waals surface area (Å²) in [6.07, 6.45) is 4.56. The van der Waals surface area contributed by atoms with E-state index in [4.69, 9.17) is 0 Å². The Balaban J connectivity index is 0.00000261. The summed E-state index contributed by atoms with van der Waals surface area (Å²) >= 11 is 0. The molecule has 3 rings (SSSR count).